The second kappa shape index (κ2) is 2.79. The zero-order valence-corrected chi connectivity index (χ0v) is 6.15. The van der Waals surface area contributed by atoms with E-state index in [-0.39, 0.29) is 0 Å². The van der Waals surface area contributed by atoms with Gasteiger partial charge in [0.05, 0.1) is 12.3 Å². The van der Waals surface area contributed by atoms with Crippen LogP contribution in [0.4, 0.5) is 0 Å². The molecule has 0 spiro atoms. The third-order valence-corrected chi connectivity index (χ3v) is 1.31. The van der Waals surface area contributed by atoms with Crippen LogP contribution >= 0.6 is 0 Å². The van der Waals surface area contributed by atoms with Crippen LogP contribution in [0.25, 0.3) is 0 Å². The summed E-state index contributed by atoms with van der Waals surface area (Å²) in [7, 11) is 0. The summed E-state index contributed by atoms with van der Waals surface area (Å²) in [6.07, 6.45) is 1.23. The molecular formula is C6H11N3O. The lowest BCUT2D eigenvalue weighted by Gasteiger charge is -1.93. The summed E-state index contributed by atoms with van der Waals surface area (Å²) < 4.78 is 1.68. The number of hydrogen-bond acceptors (Lipinski definition) is 3. The Morgan fingerprint density at radius 3 is 2.80 bits per heavy atom. The third-order valence-electron chi connectivity index (χ3n) is 1.31. The maximum Gasteiger partial charge on any atom is 0.111 e. The first-order valence-electron chi connectivity index (χ1n) is 3.32. The minimum absolute atomic E-state index is 0.514. The third kappa shape index (κ3) is 1.33. The van der Waals surface area contributed by atoms with Gasteiger partial charge in [0.15, 0.2) is 0 Å². The molecule has 4 heteroatoms. The smallest absolute Gasteiger partial charge is 0.111 e. The Kier molecular flexibility index (Phi) is 2.01. The van der Waals surface area contributed by atoms with Gasteiger partial charge in [0.2, 0.25) is 0 Å². The zero-order chi connectivity index (χ0) is 7.56. The minimum atomic E-state index is -0.514. The SMILES string of the molecule is CCn1cc(C(C)O)nn1. The first-order valence-corrected chi connectivity index (χ1v) is 3.32. The molecule has 1 aromatic rings. The molecule has 0 saturated heterocycles. The van der Waals surface area contributed by atoms with Crippen molar-refractivity contribution in [2.45, 2.75) is 26.5 Å². The van der Waals surface area contributed by atoms with Crippen molar-refractivity contribution in [1.29, 1.82) is 0 Å². The molecule has 0 bridgehead atoms. The molecule has 0 aliphatic carbocycles. The molecule has 0 amide bonds. The van der Waals surface area contributed by atoms with Crippen molar-refractivity contribution in [2.75, 3.05) is 0 Å². The lowest BCUT2D eigenvalue weighted by molar-refractivity contribution is 0.194. The summed E-state index contributed by atoms with van der Waals surface area (Å²) in [5, 5.41) is 16.5. The van der Waals surface area contributed by atoms with E-state index in [1.54, 1.807) is 17.8 Å². The Morgan fingerprint density at radius 2 is 2.50 bits per heavy atom. The Morgan fingerprint density at radius 1 is 1.80 bits per heavy atom. The van der Waals surface area contributed by atoms with Crippen LogP contribution in [0.5, 0.6) is 0 Å². The highest BCUT2D eigenvalue weighted by atomic mass is 16.3. The van der Waals surface area contributed by atoms with E-state index in [2.05, 4.69) is 10.3 Å². The molecule has 56 valence electrons. The molecule has 1 atom stereocenters. The van der Waals surface area contributed by atoms with Gasteiger partial charge in [0, 0.05) is 6.54 Å². The highest BCUT2D eigenvalue weighted by Crippen LogP contribution is 2.05. The van der Waals surface area contributed by atoms with Gasteiger partial charge in [-0.15, -0.1) is 5.10 Å². The van der Waals surface area contributed by atoms with Crippen LogP contribution in [0.3, 0.4) is 0 Å². The molecule has 0 aliphatic heterocycles. The van der Waals surface area contributed by atoms with Gasteiger partial charge in [-0.3, -0.25) is 4.68 Å². The molecule has 1 N–H and O–H groups in total. The number of aliphatic hydroxyl groups is 1. The van der Waals surface area contributed by atoms with Crippen molar-refractivity contribution in [2.24, 2.45) is 0 Å². The largest absolute Gasteiger partial charge is 0.387 e. The Hall–Kier alpha value is -0.900. The molecule has 0 radical (unpaired) electrons. The molecule has 4 nitrogen and oxygen atoms in total. The maximum atomic E-state index is 9.02. The van der Waals surface area contributed by atoms with Crippen molar-refractivity contribution in [3.8, 4) is 0 Å². The predicted molar refractivity (Wildman–Crippen MR) is 36.3 cm³/mol. The van der Waals surface area contributed by atoms with E-state index < -0.39 is 6.10 Å². The number of aliphatic hydroxyl groups excluding tert-OH is 1. The van der Waals surface area contributed by atoms with Crippen LogP contribution in [0.15, 0.2) is 6.20 Å². The lowest BCUT2D eigenvalue weighted by atomic mass is 10.3. The van der Waals surface area contributed by atoms with Crippen molar-refractivity contribution in [3.05, 3.63) is 11.9 Å². The Labute approximate surface area is 59.5 Å². The van der Waals surface area contributed by atoms with E-state index in [0.717, 1.165) is 6.54 Å². The normalized spacial score (nSPS) is 13.5. The van der Waals surface area contributed by atoms with Crippen LogP contribution in [0.2, 0.25) is 0 Å². The average molecular weight is 141 g/mol. The maximum absolute atomic E-state index is 9.02. The summed E-state index contributed by atoms with van der Waals surface area (Å²) in [6.45, 7) is 4.43. The molecule has 1 heterocycles. The first-order chi connectivity index (χ1) is 4.74. The van der Waals surface area contributed by atoms with E-state index in [1.807, 2.05) is 6.92 Å². The molecule has 1 rings (SSSR count). The van der Waals surface area contributed by atoms with Gasteiger partial charge in [-0.1, -0.05) is 5.21 Å². The van der Waals surface area contributed by atoms with Gasteiger partial charge in [0.25, 0.3) is 0 Å². The van der Waals surface area contributed by atoms with E-state index in [1.165, 1.54) is 0 Å². The Bertz CT molecular complexity index is 207. The second-order valence-corrected chi connectivity index (χ2v) is 2.18. The van der Waals surface area contributed by atoms with Crippen molar-refractivity contribution >= 4 is 0 Å². The van der Waals surface area contributed by atoms with Crippen LogP contribution < -0.4 is 0 Å². The monoisotopic (exact) mass is 141 g/mol. The molecular weight excluding hydrogens is 130 g/mol. The number of aryl methyl sites for hydroxylation is 1. The molecule has 1 aromatic heterocycles. The topological polar surface area (TPSA) is 50.9 Å². The van der Waals surface area contributed by atoms with Crippen LogP contribution in [-0.4, -0.2) is 20.1 Å². The molecule has 10 heavy (non-hydrogen) atoms. The van der Waals surface area contributed by atoms with Crippen LogP contribution in [-0.2, 0) is 6.54 Å². The number of aromatic nitrogens is 3. The van der Waals surface area contributed by atoms with E-state index >= 15 is 0 Å². The van der Waals surface area contributed by atoms with Gasteiger partial charge in [-0.2, -0.15) is 0 Å². The summed E-state index contributed by atoms with van der Waals surface area (Å²) in [5.41, 5.74) is 0.627. The average Bonchev–Trinajstić information content (AvgIpc) is 2.34. The second-order valence-electron chi connectivity index (χ2n) is 2.18. The quantitative estimate of drug-likeness (QED) is 0.646. The summed E-state index contributed by atoms with van der Waals surface area (Å²) >= 11 is 0. The summed E-state index contributed by atoms with van der Waals surface area (Å²) in [4.78, 5) is 0. The fourth-order valence-corrected chi connectivity index (χ4v) is 0.659. The van der Waals surface area contributed by atoms with E-state index in [4.69, 9.17) is 5.11 Å². The standard InChI is InChI=1S/C6H11N3O/c1-3-9-4-6(5(2)10)7-8-9/h4-5,10H,3H2,1-2H3. The van der Waals surface area contributed by atoms with Gasteiger partial charge in [-0.25, -0.2) is 0 Å². The van der Waals surface area contributed by atoms with Gasteiger partial charge < -0.3 is 5.11 Å². The van der Waals surface area contributed by atoms with Crippen molar-refractivity contribution in [3.63, 3.8) is 0 Å². The number of nitrogens with zero attached hydrogens (tertiary/aromatic N) is 3. The van der Waals surface area contributed by atoms with E-state index in [9.17, 15) is 0 Å². The van der Waals surface area contributed by atoms with Gasteiger partial charge in [-0.05, 0) is 13.8 Å². The number of hydrogen-bond donors (Lipinski definition) is 1. The predicted octanol–water partition coefficient (Wildman–Crippen LogP) is 0.351. The van der Waals surface area contributed by atoms with E-state index in [0.29, 0.717) is 5.69 Å². The van der Waals surface area contributed by atoms with Crippen molar-refractivity contribution < 1.29 is 5.11 Å². The Balaban J connectivity index is 2.78. The summed E-state index contributed by atoms with van der Waals surface area (Å²) in [5.74, 6) is 0. The fourth-order valence-electron chi connectivity index (χ4n) is 0.659. The van der Waals surface area contributed by atoms with Gasteiger partial charge >= 0.3 is 0 Å². The molecule has 0 fully saturated rings. The molecule has 0 saturated carbocycles. The first kappa shape index (κ1) is 7.21. The van der Waals surface area contributed by atoms with Crippen LogP contribution in [0.1, 0.15) is 25.6 Å². The molecule has 0 aromatic carbocycles. The number of rotatable bonds is 2. The van der Waals surface area contributed by atoms with Crippen LogP contribution in [0, 0.1) is 0 Å². The highest BCUT2D eigenvalue weighted by molar-refractivity contribution is 4.94. The van der Waals surface area contributed by atoms with Crippen molar-refractivity contribution in [1.82, 2.24) is 15.0 Å². The lowest BCUT2D eigenvalue weighted by Crippen LogP contribution is -1.93. The molecule has 0 aliphatic rings. The molecule has 1 unspecified atom stereocenters. The minimum Gasteiger partial charge on any atom is -0.387 e. The fraction of sp³-hybridized carbons (Fsp3) is 0.667. The van der Waals surface area contributed by atoms with Gasteiger partial charge in [0.1, 0.15) is 5.69 Å². The highest BCUT2D eigenvalue weighted by Gasteiger charge is 2.03. The summed E-state index contributed by atoms with van der Waals surface area (Å²) in [6, 6.07) is 0. The zero-order valence-electron chi connectivity index (χ0n) is 6.15.